The van der Waals surface area contributed by atoms with Crippen molar-refractivity contribution in [3.8, 4) is 0 Å². The molecule has 5 heteroatoms. The lowest BCUT2D eigenvalue weighted by atomic mass is 9.94. The Labute approximate surface area is 122 Å². The van der Waals surface area contributed by atoms with Gasteiger partial charge in [-0.2, -0.15) is 0 Å². The third-order valence-electron chi connectivity index (χ3n) is 4.00. The van der Waals surface area contributed by atoms with Gasteiger partial charge in [-0.3, -0.25) is 4.79 Å². The van der Waals surface area contributed by atoms with Gasteiger partial charge in [0.25, 0.3) is 0 Å². The molecule has 0 radical (unpaired) electrons. The number of piperidine rings is 1. The lowest BCUT2D eigenvalue weighted by Gasteiger charge is -2.23. The number of fused-ring (bicyclic) bond motifs is 1. The Morgan fingerprint density at radius 3 is 3.00 bits per heavy atom. The third kappa shape index (κ3) is 2.60. The Balaban J connectivity index is 1.76. The summed E-state index contributed by atoms with van der Waals surface area (Å²) in [5, 5.41) is 4.75. The van der Waals surface area contributed by atoms with E-state index in [2.05, 4.69) is 5.32 Å². The number of rotatable bonds is 2. The number of amides is 1. The van der Waals surface area contributed by atoms with Gasteiger partial charge in [0.2, 0.25) is 5.91 Å². The van der Waals surface area contributed by atoms with Crippen LogP contribution in [0.1, 0.15) is 18.4 Å². The van der Waals surface area contributed by atoms with Crippen LogP contribution in [0.3, 0.4) is 0 Å². The monoisotopic (exact) mass is 298 g/mol. The molecule has 0 bridgehead atoms. The van der Waals surface area contributed by atoms with Gasteiger partial charge in [0.15, 0.2) is 0 Å². The van der Waals surface area contributed by atoms with Crippen molar-refractivity contribution in [3.05, 3.63) is 33.8 Å². The van der Waals surface area contributed by atoms with E-state index in [0.29, 0.717) is 22.6 Å². The molecule has 1 aromatic rings. The molecule has 2 saturated heterocycles. The van der Waals surface area contributed by atoms with E-state index < -0.39 is 0 Å². The van der Waals surface area contributed by atoms with E-state index in [1.54, 1.807) is 12.1 Å². The second-order valence-corrected chi connectivity index (χ2v) is 6.11. The number of halogens is 2. The van der Waals surface area contributed by atoms with Crippen LogP contribution >= 0.6 is 23.2 Å². The Bertz CT molecular complexity index is 506. The average molecular weight is 299 g/mol. The molecule has 0 spiro atoms. The van der Waals surface area contributed by atoms with E-state index in [1.807, 2.05) is 11.0 Å². The number of hydrogen-bond donors (Lipinski definition) is 1. The lowest BCUT2D eigenvalue weighted by molar-refractivity contribution is -0.131. The van der Waals surface area contributed by atoms with Gasteiger partial charge in [0.05, 0.1) is 5.92 Å². The Hall–Kier alpha value is -0.770. The molecule has 3 rings (SSSR count). The van der Waals surface area contributed by atoms with Crippen molar-refractivity contribution in [2.75, 3.05) is 13.1 Å². The van der Waals surface area contributed by atoms with E-state index in [1.165, 1.54) is 0 Å². The number of likely N-dealkylation sites (tertiary alicyclic amines) is 1. The highest BCUT2D eigenvalue weighted by atomic mass is 35.5. The molecule has 2 aliphatic rings. The number of carbonyl (C=O) groups excluding carboxylic acids is 1. The van der Waals surface area contributed by atoms with Gasteiger partial charge in [-0.1, -0.05) is 23.2 Å². The van der Waals surface area contributed by atoms with Gasteiger partial charge in [-0.15, -0.1) is 0 Å². The number of hydrogen-bond acceptors (Lipinski definition) is 2. The maximum absolute atomic E-state index is 12.4. The molecular weight excluding hydrogens is 283 g/mol. The normalized spacial score (nSPS) is 26.6. The van der Waals surface area contributed by atoms with Crippen molar-refractivity contribution in [2.24, 2.45) is 5.92 Å². The summed E-state index contributed by atoms with van der Waals surface area (Å²) in [6.45, 7) is 2.33. The first-order valence-electron chi connectivity index (χ1n) is 6.61. The molecule has 2 unspecified atom stereocenters. The van der Waals surface area contributed by atoms with Gasteiger partial charge < -0.3 is 10.2 Å². The smallest absolute Gasteiger partial charge is 0.227 e. The highest BCUT2D eigenvalue weighted by Gasteiger charge is 2.41. The largest absolute Gasteiger partial charge is 0.336 e. The molecule has 1 N–H and O–H groups in total. The van der Waals surface area contributed by atoms with Crippen molar-refractivity contribution in [3.63, 3.8) is 0 Å². The van der Waals surface area contributed by atoms with Crippen LogP contribution in [-0.4, -0.2) is 29.9 Å². The Morgan fingerprint density at radius 1 is 1.37 bits per heavy atom. The van der Waals surface area contributed by atoms with Gasteiger partial charge >= 0.3 is 0 Å². The summed E-state index contributed by atoms with van der Waals surface area (Å²) in [6, 6.07) is 5.69. The van der Waals surface area contributed by atoms with Crippen molar-refractivity contribution in [1.29, 1.82) is 0 Å². The van der Waals surface area contributed by atoms with Gasteiger partial charge in [-0.25, -0.2) is 0 Å². The summed E-state index contributed by atoms with van der Waals surface area (Å²) in [4.78, 5) is 14.2. The van der Waals surface area contributed by atoms with Gasteiger partial charge in [0.1, 0.15) is 0 Å². The van der Waals surface area contributed by atoms with Crippen molar-refractivity contribution >= 4 is 29.1 Å². The maximum atomic E-state index is 12.4. The number of nitrogens with zero attached hydrogens (tertiary/aromatic N) is 1. The fraction of sp³-hybridized carbons (Fsp3) is 0.500. The van der Waals surface area contributed by atoms with E-state index in [9.17, 15) is 4.79 Å². The fourth-order valence-corrected chi connectivity index (χ4v) is 3.39. The standard InChI is InChI=1S/C14H16Cl2N2O/c15-10-3-4-12(16)9(6-10)7-18-8-13-11(14(18)19)2-1-5-17-13/h3-4,6,11,13,17H,1-2,5,7-8H2. The van der Waals surface area contributed by atoms with Crippen LogP contribution in [0.5, 0.6) is 0 Å². The molecule has 2 aliphatic heterocycles. The van der Waals surface area contributed by atoms with E-state index in [4.69, 9.17) is 23.2 Å². The van der Waals surface area contributed by atoms with Crippen molar-refractivity contribution in [1.82, 2.24) is 10.2 Å². The topological polar surface area (TPSA) is 32.3 Å². The second-order valence-electron chi connectivity index (χ2n) is 5.26. The van der Waals surface area contributed by atoms with E-state index in [-0.39, 0.29) is 11.8 Å². The predicted octanol–water partition coefficient (Wildman–Crippen LogP) is 2.70. The quantitative estimate of drug-likeness (QED) is 0.910. The average Bonchev–Trinajstić information content (AvgIpc) is 2.72. The maximum Gasteiger partial charge on any atom is 0.227 e. The predicted molar refractivity (Wildman–Crippen MR) is 76.4 cm³/mol. The molecular formula is C14H16Cl2N2O. The molecule has 0 aliphatic carbocycles. The van der Waals surface area contributed by atoms with Crippen LogP contribution in [0.25, 0.3) is 0 Å². The minimum atomic E-state index is 0.145. The summed E-state index contributed by atoms with van der Waals surface area (Å²) < 4.78 is 0. The van der Waals surface area contributed by atoms with Gasteiger partial charge in [-0.05, 0) is 43.1 Å². The molecule has 2 atom stereocenters. The van der Waals surface area contributed by atoms with Gasteiger partial charge in [0, 0.05) is 29.2 Å². The fourth-order valence-electron chi connectivity index (χ4n) is 3.01. The zero-order valence-electron chi connectivity index (χ0n) is 10.5. The van der Waals surface area contributed by atoms with E-state index in [0.717, 1.165) is 31.5 Å². The second kappa shape index (κ2) is 5.31. The first kappa shape index (κ1) is 13.2. The summed E-state index contributed by atoms with van der Waals surface area (Å²) in [7, 11) is 0. The lowest BCUT2D eigenvalue weighted by Crippen LogP contribution is -2.41. The van der Waals surface area contributed by atoms with Crippen LogP contribution in [0.15, 0.2) is 18.2 Å². The summed E-state index contributed by atoms with van der Waals surface area (Å²) in [6.07, 6.45) is 2.08. The van der Waals surface area contributed by atoms with Crippen molar-refractivity contribution in [2.45, 2.75) is 25.4 Å². The van der Waals surface area contributed by atoms with Crippen LogP contribution in [0, 0.1) is 5.92 Å². The summed E-state index contributed by atoms with van der Waals surface area (Å²) in [5.41, 5.74) is 0.918. The highest BCUT2D eigenvalue weighted by Crippen LogP contribution is 2.29. The molecule has 0 aromatic heterocycles. The number of benzene rings is 1. The Kier molecular flexibility index (Phi) is 3.70. The van der Waals surface area contributed by atoms with Crippen LogP contribution in [0.4, 0.5) is 0 Å². The van der Waals surface area contributed by atoms with E-state index >= 15 is 0 Å². The third-order valence-corrected chi connectivity index (χ3v) is 4.60. The summed E-state index contributed by atoms with van der Waals surface area (Å²) in [5.74, 6) is 0.389. The molecule has 3 nitrogen and oxygen atoms in total. The molecule has 2 heterocycles. The molecule has 19 heavy (non-hydrogen) atoms. The zero-order chi connectivity index (χ0) is 13.4. The molecule has 2 fully saturated rings. The molecule has 1 amide bonds. The SMILES string of the molecule is O=C1C2CCCNC2CN1Cc1cc(Cl)ccc1Cl. The van der Waals surface area contributed by atoms with Crippen LogP contribution in [-0.2, 0) is 11.3 Å². The number of carbonyl (C=O) groups is 1. The summed E-state index contributed by atoms with van der Waals surface area (Å²) >= 11 is 12.1. The molecule has 1 aromatic carbocycles. The number of nitrogens with one attached hydrogen (secondary N) is 1. The first-order chi connectivity index (χ1) is 9.15. The van der Waals surface area contributed by atoms with Crippen molar-refractivity contribution < 1.29 is 4.79 Å². The molecule has 0 saturated carbocycles. The zero-order valence-corrected chi connectivity index (χ0v) is 12.0. The first-order valence-corrected chi connectivity index (χ1v) is 7.37. The highest BCUT2D eigenvalue weighted by molar-refractivity contribution is 6.33. The molecule has 102 valence electrons. The van der Waals surface area contributed by atoms with Crippen LogP contribution in [0.2, 0.25) is 10.0 Å². The minimum Gasteiger partial charge on any atom is -0.336 e. The Morgan fingerprint density at radius 2 is 2.21 bits per heavy atom. The minimum absolute atomic E-state index is 0.145. The van der Waals surface area contributed by atoms with Crippen LogP contribution < -0.4 is 5.32 Å².